The number of alkyl halides is 2. The van der Waals surface area contributed by atoms with Gasteiger partial charge in [0.05, 0.1) is 5.41 Å². The molecule has 0 amide bonds. The summed E-state index contributed by atoms with van der Waals surface area (Å²) in [4.78, 5) is 0. The van der Waals surface area contributed by atoms with Crippen molar-refractivity contribution in [3.63, 3.8) is 0 Å². The Kier molecular flexibility index (Phi) is 0.994. The van der Waals surface area contributed by atoms with Crippen molar-refractivity contribution in [1.82, 2.24) is 5.32 Å². The van der Waals surface area contributed by atoms with Crippen molar-refractivity contribution in [2.75, 3.05) is 13.1 Å². The Balaban J connectivity index is 2.20. The van der Waals surface area contributed by atoms with Crippen molar-refractivity contribution >= 4 is 0 Å². The summed E-state index contributed by atoms with van der Waals surface area (Å²) in [6.45, 7) is 2.92. The second-order valence-corrected chi connectivity index (χ2v) is 3.56. The Morgan fingerprint density at radius 1 is 1.50 bits per heavy atom. The SMILES string of the molecule is C[C@@]12CNCC[C@H]1C2(F)F. The lowest BCUT2D eigenvalue weighted by molar-refractivity contribution is 0.0653. The summed E-state index contributed by atoms with van der Waals surface area (Å²) < 4.78 is 25.7. The molecule has 10 heavy (non-hydrogen) atoms. The van der Waals surface area contributed by atoms with Crippen LogP contribution in [0.25, 0.3) is 0 Å². The van der Waals surface area contributed by atoms with Crippen molar-refractivity contribution in [2.45, 2.75) is 19.3 Å². The average molecular weight is 147 g/mol. The third-order valence-electron chi connectivity index (χ3n) is 2.99. The first-order valence-corrected chi connectivity index (χ1v) is 3.67. The van der Waals surface area contributed by atoms with E-state index in [0.717, 1.165) is 6.54 Å². The van der Waals surface area contributed by atoms with Crippen LogP contribution in [-0.2, 0) is 0 Å². The highest BCUT2D eigenvalue weighted by atomic mass is 19.3. The van der Waals surface area contributed by atoms with E-state index in [9.17, 15) is 8.78 Å². The van der Waals surface area contributed by atoms with Gasteiger partial charge in [-0.05, 0) is 13.0 Å². The first-order chi connectivity index (χ1) is 4.59. The average Bonchev–Trinajstić information content (AvgIpc) is 2.30. The fourth-order valence-corrected chi connectivity index (χ4v) is 2.01. The molecule has 0 spiro atoms. The molecule has 0 radical (unpaired) electrons. The Hall–Kier alpha value is -0.180. The zero-order chi connectivity index (χ0) is 7.41. The van der Waals surface area contributed by atoms with E-state index >= 15 is 0 Å². The smallest absolute Gasteiger partial charge is 0.258 e. The topological polar surface area (TPSA) is 12.0 Å². The zero-order valence-corrected chi connectivity index (χ0v) is 5.95. The van der Waals surface area contributed by atoms with E-state index in [2.05, 4.69) is 5.32 Å². The van der Waals surface area contributed by atoms with Gasteiger partial charge < -0.3 is 5.32 Å². The highest BCUT2D eigenvalue weighted by Gasteiger charge is 2.77. The van der Waals surface area contributed by atoms with Crippen molar-refractivity contribution in [3.8, 4) is 0 Å². The maximum atomic E-state index is 12.8. The van der Waals surface area contributed by atoms with Crippen molar-refractivity contribution in [1.29, 1.82) is 0 Å². The summed E-state index contributed by atoms with van der Waals surface area (Å²) in [5.74, 6) is -2.71. The lowest BCUT2D eigenvalue weighted by Gasteiger charge is -2.15. The molecular weight excluding hydrogens is 136 g/mol. The molecule has 1 nitrogen and oxygen atoms in total. The van der Waals surface area contributed by atoms with Crippen LogP contribution < -0.4 is 5.32 Å². The van der Waals surface area contributed by atoms with E-state index in [0.29, 0.717) is 13.0 Å². The van der Waals surface area contributed by atoms with Crippen LogP contribution in [0.3, 0.4) is 0 Å². The zero-order valence-electron chi connectivity index (χ0n) is 5.95. The molecule has 1 heterocycles. The molecule has 1 aliphatic heterocycles. The van der Waals surface area contributed by atoms with Gasteiger partial charge in [-0.1, -0.05) is 6.92 Å². The van der Waals surface area contributed by atoms with Gasteiger partial charge >= 0.3 is 0 Å². The van der Waals surface area contributed by atoms with Crippen LogP contribution in [0.2, 0.25) is 0 Å². The summed E-state index contributed by atoms with van der Waals surface area (Å²) in [5.41, 5.74) is -0.703. The van der Waals surface area contributed by atoms with Crippen LogP contribution in [0.15, 0.2) is 0 Å². The summed E-state index contributed by atoms with van der Waals surface area (Å²) in [6, 6.07) is 0. The Morgan fingerprint density at radius 3 is 2.60 bits per heavy atom. The van der Waals surface area contributed by atoms with E-state index in [1.54, 1.807) is 6.92 Å². The molecule has 1 saturated carbocycles. The fourth-order valence-electron chi connectivity index (χ4n) is 2.01. The minimum Gasteiger partial charge on any atom is -0.316 e. The van der Waals surface area contributed by atoms with Gasteiger partial charge in [0, 0.05) is 12.5 Å². The predicted octanol–water partition coefficient (Wildman–Crippen LogP) is 1.25. The van der Waals surface area contributed by atoms with E-state index < -0.39 is 11.3 Å². The molecule has 2 atom stereocenters. The van der Waals surface area contributed by atoms with E-state index in [-0.39, 0.29) is 5.92 Å². The molecule has 58 valence electrons. The first kappa shape index (κ1) is 6.53. The van der Waals surface area contributed by atoms with E-state index in [1.165, 1.54) is 0 Å². The number of nitrogens with one attached hydrogen (secondary N) is 1. The van der Waals surface area contributed by atoms with Gasteiger partial charge in [0.25, 0.3) is 5.92 Å². The first-order valence-electron chi connectivity index (χ1n) is 3.67. The minimum absolute atomic E-state index is 0.332. The third kappa shape index (κ3) is 0.506. The number of hydrogen-bond donors (Lipinski definition) is 1. The molecule has 0 unspecified atom stereocenters. The molecule has 2 rings (SSSR count). The van der Waals surface area contributed by atoms with Crippen LogP contribution in [0.1, 0.15) is 13.3 Å². The second-order valence-electron chi connectivity index (χ2n) is 3.56. The minimum atomic E-state index is -2.38. The van der Waals surface area contributed by atoms with Gasteiger partial charge in [-0.3, -0.25) is 0 Å². The molecule has 0 aromatic rings. The molecule has 2 aliphatic rings. The van der Waals surface area contributed by atoms with Crippen LogP contribution in [0, 0.1) is 11.3 Å². The number of rotatable bonds is 0. The van der Waals surface area contributed by atoms with Crippen LogP contribution in [0.5, 0.6) is 0 Å². The van der Waals surface area contributed by atoms with Crippen molar-refractivity contribution < 1.29 is 8.78 Å². The van der Waals surface area contributed by atoms with Crippen LogP contribution >= 0.6 is 0 Å². The normalized spacial score (nSPS) is 50.1. The Labute approximate surface area is 58.8 Å². The Morgan fingerprint density at radius 2 is 2.20 bits per heavy atom. The summed E-state index contributed by atoms with van der Waals surface area (Å²) >= 11 is 0. The molecule has 1 aliphatic carbocycles. The van der Waals surface area contributed by atoms with Crippen LogP contribution in [-0.4, -0.2) is 19.0 Å². The molecular formula is C7H11F2N. The maximum absolute atomic E-state index is 12.8. The second kappa shape index (κ2) is 1.52. The highest BCUT2D eigenvalue weighted by Crippen LogP contribution is 2.67. The largest absolute Gasteiger partial charge is 0.316 e. The van der Waals surface area contributed by atoms with Gasteiger partial charge in [-0.25, -0.2) is 8.78 Å². The van der Waals surface area contributed by atoms with E-state index in [1.807, 2.05) is 0 Å². The number of halogens is 2. The molecule has 0 aromatic heterocycles. The molecule has 1 saturated heterocycles. The third-order valence-corrected chi connectivity index (χ3v) is 2.99. The lowest BCUT2D eigenvalue weighted by atomic mass is 10.0. The molecule has 0 bridgehead atoms. The van der Waals surface area contributed by atoms with Crippen molar-refractivity contribution in [2.24, 2.45) is 11.3 Å². The monoisotopic (exact) mass is 147 g/mol. The summed E-state index contributed by atoms with van der Waals surface area (Å²) in [7, 11) is 0. The highest BCUT2D eigenvalue weighted by molar-refractivity contribution is 5.18. The standard InChI is InChI=1S/C7H11F2N/c1-6-4-10-3-2-5(6)7(6,8)9/h5,10H,2-4H2,1H3/t5-,6-/m1/s1. The number of piperidine rings is 1. The van der Waals surface area contributed by atoms with E-state index in [4.69, 9.17) is 0 Å². The lowest BCUT2D eigenvalue weighted by Crippen LogP contribution is -2.30. The van der Waals surface area contributed by atoms with Gasteiger partial charge in [0.1, 0.15) is 0 Å². The van der Waals surface area contributed by atoms with Gasteiger partial charge in [-0.15, -0.1) is 0 Å². The maximum Gasteiger partial charge on any atom is 0.258 e. The van der Waals surface area contributed by atoms with Gasteiger partial charge in [0.15, 0.2) is 0 Å². The Bertz CT molecular complexity index is 169. The molecule has 3 heteroatoms. The van der Waals surface area contributed by atoms with Gasteiger partial charge in [-0.2, -0.15) is 0 Å². The quantitative estimate of drug-likeness (QED) is 0.543. The van der Waals surface area contributed by atoms with Crippen LogP contribution in [0.4, 0.5) is 8.78 Å². The molecule has 2 fully saturated rings. The predicted molar refractivity (Wildman–Crippen MR) is 34.0 cm³/mol. The number of fused-ring (bicyclic) bond motifs is 1. The fraction of sp³-hybridized carbons (Fsp3) is 1.00. The molecule has 0 aromatic carbocycles. The molecule has 1 N–H and O–H groups in total. The van der Waals surface area contributed by atoms with Crippen molar-refractivity contribution in [3.05, 3.63) is 0 Å². The number of hydrogen-bond acceptors (Lipinski definition) is 1. The van der Waals surface area contributed by atoms with Gasteiger partial charge in [0.2, 0.25) is 0 Å². The summed E-state index contributed by atoms with van der Waals surface area (Å²) in [5, 5.41) is 2.99. The summed E-state index contributed by atoms with van der Waals surface area (Å²) in [6.07, 6.45) is 0.642.